The Kier molecular flexibility index (Phi) is 14.9. The van der Waals surface area contributed by atoms with Crippen LogP contribution in [0, 0.1) is 5.92 Å². The summed E-state index contributed by atoms with van der Waals surface area (Å²) in [6.45, 7) is 6.72. The predicted octanol–water partition coefficient (Wildman–Crippen LogP) is 2.00. The fourth-order valence-corrected chi connectivity index (χ4v) is 7.11. The summed E-state index contributed by atoms with van der Waals surface area (Å²) in [5.74, 6) is -5.10. The molecule has 1 heterocycles. The molecule has 5 atom stereocenters. The molecule has 5 unspecified atom stereocenters. The van der Waals surface area contributed by atoms with Crippen LogP contribution in [-0.4, -0.2) is 89.0 Å². The Labute approximate surface area is 316 Å². The second-order valence-corrected chi connectivity index (χ2v) is 15.0. The number of benzene rings is 2. The van der Waals surface area contributed by atoms with Gasteiger partial charge in [0.25, 0.3) is 5.91 Å². The van der Waals surface area contributed by atoms with Crippen molar-refractivity contribution in [3.63, 3.8) is 0 Å². The van der Waals surface area contributed by atoms with Crippen molar-refractivity contribution in [2.24, 2.45) is 11.7 Å². The van der Waals surface area contributed by atoms with Crippen LogP contribution in [0.5, 0.6) is 0 Å². The van der Waals surface area contributed by atoms with Gasteiger partial charge < -0.3 is 36.6 Å². The molecule has 0 aromatic heterocycles. The van der Waals surface area contributed by atoms with Crippen molar-refractivity contribution in [3.05, 3.63) is 71.8 Å². The van der Waals surface area contributed by atoms with Gasteiger partial charge >= 0.3 is 0 Å². The zero-order valence-corrected chi connectivity index (χ0v) is 31.6. The minimum atomic E-state index is -1.26. The summed E-state index contributed by atoms with van der Waals surface area (Å²) in [6.07, 6.45) is 4.17. The third kappa shape index (κ3) is 12.0. The highest BCUT2D eigenvalue weighted by Crippen LogP contribution is 2.31. The molecule has 292 valence electrons. The van der Waals surface area contributed by atoms with Crippen molar-refractivity contribution in [1.82, 2.24) is 26.2 Å². The van der Waals surface area contributed by atoms with Gasteiger partial charge in [0.15, 0.2) is 0 Å². The van der Waals surface area contributed by atoms with Crippen LogP contribution in [0.15, 0.2) is 60.7 Å². The van der Waals surface area contributed by atoms with E-state index in [1.807, 2.05) is 51.1 Å². The van der Waals surface area contributed by atoms with Crippen molar-refractivity contribution < 1.29 is 38.3 Å². The summed E-state index contributed by atoms with van der Waals surface area (Å²) in [7, 11) is 0. The van der Waals surface area contributed by atoms with Crippen LogP contribution in [0.1, 0.15) is 89.8 Å². The molecule has 6 amide bonds. The first-order valence-corrected chi connectivity index (χ1v) is 18.7. The maximum Gasteiger partial charge on any atom is 0.290 e. The first-order valence-electron chi connectivity index (χ1n) is 18.7. The van der Waals surface area contributed by atoms with Gasteiger partial charge in [-0.1, -0.05) is 86.8 Å². The molecule has 2 fully saturated rings. The van der Waals surface area contributed by atoms with E-state index in [-0.39, 0.29) is 37.6 Å². The molecule has 1 saturated carbocycles. The van der Waals surface area contributed by atoms with Gasteiger partial charge in [0.05, 0.1) is 30.7 Å². The molecule has 4 rings (SSSR count). The van der Waals surface area contributed by atoms with Crippen LogP contribution < -0.4 is 27.0 Å². The lowest BCUT2D eigenvalue weighted by atomic mass is 9.83. The van der Waals surface area contributed by atoms with Crippen molar-refractivity contribution in [1.29, 1.82) is 0 Å². The normalized spacial score (nSPS) is 19.1. The zero-order valence-electron chi connectivity index (χ0n) is 31.6. The molecular formula is C40H54N6O8. The smallest absolute Gasteiger partial charge is 0.290 e. The third-order valence-corrected chi connectivity index (χ3v) is 9.68. The number of ketones is 1. The van der Waals surface area contributed by atoms with Crippen LogP contribution in [-0.2, 0) is 44.7 Å². The fourth-order valence-electron chi connectivity index (χ4n) is 7.11. The Morgan fingerprint density at radius 3 is 2.07 bits per heavy atom. The second kappa shape index (κ2) is 19.3. The van der Waals surface area contributed by atoms with Gasteiger partial charge in [-0.2, -0.15) is 0 Å². The monoisotopic (exact) mass is 746 g/mol. The van der Waals surface area contributed by atoms with Gasteiger partial charge in [0.2, 0.25) is 35.3 Å². The van der Waals surface area contributed by atoms with Gasteiger partial charge in [-0.15, -0.1) is 0 Å². The second-order valence-electron chi connectivity index (χ2n) is 15.0. The summed E-state index contributed by atoms with van der Waals surface area (Å²) < 4.78 is 6.23. The number of amides is 6. The Morgan fingerprint density at radius 2 is 1.48 bits per heavy atom. The molecule has 0 spiro atoms. The number of carbonyl (C=O) groups is 7. The first-order chi connectivity index (χ1) is 25.7. The number of Topliss-reactive ketones (excluding diaryl/α,β-unsaturated/α-hetero) is 1. The molecule has 6 N–H and O–H groups in total. The number of hydrogen-bond donors (Lipinski definition) is 5. The molecule has 0 radical (unpaired) electrons. The Morgan fingerprint density at radius 1 is 0.852 bits per heavy atom. The molecule has 14 nitrogen and oxygen atoms in total. The lowest BCUT2D eigenvalue weighted by Gasteiger charge is -2.35. The van der Waals surface area contributed by atoms with E-state index in [9.17, 15) is 33.6 Å². The number of nitrogens with one attached hydrogen (secondary N) is 4. The van der Waals surface area contributed by atoms with E-state index in [4.69, 9.17) is 10.5 Å². The van der Waals surface area contributed by atoms with Crippen LogP contribution >= 0.6 is 0 Å². The molecule has 2 aliphatic rings. The number of nitrogens with zero attached hydrogens (tertiary/aromatic N) is 1. The van der Waals surface area contributed by atoms with Crippen LogP contribution in [0.2, 0.25) is 0 Å². The number of ether oxygens (including phenoxy) is 1. The average molecular weight is 747 g/mol. The van der Waals surface area contributed by atoms with E-state index >= 15 is 0 Å². The highest BCUT2D eigenvalue weighted by atomic mass is 16.5. The Balaban J connectivity index is 1.45. The summed E-state index contributed by atoms with van der Waals surface area (Å²) in [5.41, 5.74) is 6.14. The number of primary amides is 1. The summed E-state index contributed by atoms with van der Waals surface area (Å²) in [5, 5.41) is 10.4. The Bertz CT molecular complexity index is 1640. The SMILES string of the molecule is CCC(NC(=O)C1CC(OC(C)(C)C)CN1C(=O)C(NC(=O)Cc1ccccc1)C1CCCCC1)C(=O)C(=O)NCC(=O)NC(C(N)=O)c1ccccc1. The lowest BCUT2D eigenvalue weighted by Crippen LogP contribution is -2.58. The highest BCUT2D eigenvalue weighted by molar-refractivity contribution is 6.38. The lowest BCUT2D eigenvalue weighted by molar-refractivity contribution is -0.144. The number of likely N-dealkylation sites (tertiary alicyclic amines) is 1. The highest BCUT2D eigenvalue weighted by Gasteiger charge is 2.46. The van der Waals surface area contributed by atoms with Crippen LogP contribution in [0.3, 0.4) is 0 Å². The van der Waals surface area contributed by atoms with E-state index in [2.05, 4.69) is 21.3 Å². The van der Waals surface area contributed by atoms with Crippen molar-refractivity contribution >= 4 is 41.2 Å². The summed E-state index contributed by atoms with van der Waals surface area (Å²) >= 11 is 0. The molecule has 54 heavy (non-hydrogen) atoms. The van der Waals surface area contributed by atoms with Crippen LogP contribution in [0.4, 0.5) is 0 Å². The standard InChI is InChI=1S/C40H54N6O8/c1-5-29(35(49)38(52)42-23-32(48)45-33(36(41)50)26-17-11-7-12-18-26)43-37(51)30-22-28(54-40(2,3)4)24-46(30)39(53)34(27-19-13-8-14-20-27)44-31(47)21-25-15-9-6-10-16-25/h6-7,9-12,15-18,27-30,33-34H,5,8,13-14,19-24H2,1-4H3,(H2,41,50)(H,42,52)(H,43,51)(H,44,47)(H,45,48). The van der Waals surface area contributed by atoms with Gasteiger partial charge in [-0.25, -0.2) is 0 Å². The molecule has 2 aromatic carbocycles. The van der Waals surface area contributed by atoms with Crippen molar-refractivity contribution in [2.45, 2.75) is 115 Å². The van der Waals surface area contributed by atoms with Gasteiger partial charge in [0, 0.05) is 13.0 Å². The first kappa shape index (κ1) is 41.6. The largest absolute Gasteiger partial charge is 0.371 e. The van der Waals surface area contributed by atoms with Crippen molar-refractivity contribution in [3.8, 4) is 0 Å². The minimum Gasteiger partial charge on any atom is -0.371 e. The maximum atomic E-state index is 14.5. The molecular weight excluding hydrogens is 692 g/mol. The molecule has 2 aromatic rings. The quantitative estimate of drug-likeness (QED) is 0.160. The number of rotatable bonds is 16. The van der Waals surface area contributed by atoms with Gasteiger partial charge in [-0.05, 0) is 57.1 Å². The van der Waals surface area contributed by atoms with Crippen LogP contribution in [0.25, 0.3) is 0 Å². The van der Waals surface area contributed by atoms with Gasteiger partial charge in [-0.3, -0.25) is 33.6 Å². The van der Waals surface area contributed by atoms with Gasteiger partial charge in [0.1, 0.15) is 18.1 Å². The average Bonchev–Trinajstić information content (AvgIpc) is 3.56. The predicted molar refractivity (Wildman–Crippen MR) is 200 cm³/mol. The fraction of sp³-hybridized carbons (Fsp3) is 0.525. The van der Waals surface area contributed by atoms with E-state index in [0.29, 0.717) is 5.56 Å². The number of carbonyl (C=O) groups excluding carboxylic acids is 7. The number of nitrogens with two attached hydrogens (primary N) is 1. The van der Waals surface area contributed by atoms with Crippen molar-refractivity contribution in [2.75, 3.05) is 13.1 Å². The maximum absolute atomic E-state index is 14.5. The molecule has 14 heteroatoms. The van der Waals surface area contributed by atoms with E-state index in [0.717, 1.165) is 37.7 Å². The third-order valence-electron chi connectivity index (χ3n) is 9.68. The molecule has 0 bridgehead atoms. The zero-order chi connectivity index (χ0) is 39.4. The van der Waals surface area contributed by atoms with E-state index in [1.54, 1.807) is 37.3 Å². The number of hydrogen-bond acceptors (Lipinski definition) is 8. The molecule has 1 aliphatic heterocycles. The minimum absolute atomic E-state index is 0.0464. The topological polar surface area (TPSA) is 206 Å². The summed E-state index contributed by atoms with van der Waals surface area (Å²) in [6, 6.07) is 13.2. The van der Waals surface area contributed by atoms with E-state index in [1.165, 1.54) is 4.90 Å². The molecule has 1 saturated heterocycles. The summed E-state index contributed by atoms with van der Waals surface area (Å²) in [4.78, 5) is 94.0. The Hall–Kier alpha value is -5.11. The molecule has 1 aliphatic carbocycles. The van der Waals surface area contributed by atoms with E-state index < -0.39 is 77.7 Å².